The first-order chi connectivity index (χ1) is 13.9. The maximum atomic E-state index is 13.4. The number of nitrogens with zero attached hydrogens (tertiary/aromatic N) is 3. The molecule has 4 fully saturated rings. The van der Waals surface area contributed by atoms with Gasteiger partial charge in [-0.1, -0.05) is 12.8 Å². The van der Waals surface area contributed by atoms with Gasteiger partial charge in [0, 0.05) is 19.0 Å². The van der Waals surface area contributed by atoms with Crippen LogP contribution in [0.5, 0.6) is 0 Å². The Hall–Kier alpha value is -2.14. The van der Waals surface area contributed by atoms with E-state index in [0.29, 0.717) is 38.3 Å². The second-order valence-electron chi connectivity index (χ2n) is 9.20. The summed E-state index contributed by atoms with van der Waals surface area (Å²) in [5, 5.41) is 15.2. The minimum atomic E-state index is -0.709. The van der Waals surface area contributed by atoms with Gasteiger partial charge in [-0.3, -0.25) is 19.3 Å². The number of hydrogen-bond acceptors (Lipinski definition) is 5. The summed E-state index contributed by atoms with van der Waals surface area (Å²) in [6.07, 6.45) is 6.51. The lowest BCUT2D eigenvalue weighted by Gasteiger charge is -2.33. The van der Waals surface area contributed by atoms with Gasteiger partial charge in [0.25, 0.3) is 0 Å². The van der Waals surface area contributed by atoms with Crippen LogP contribution in [0.25, 0.3) is 0 Å². The van der Waals surface area contributed by atoms with E-state index in [1.54, 1.807) is 4.90 Å². The Morgan fingerprint density at radius 2 is 2.07 bits per heavy atom. The zero-order chi connectivity index (χ0) is 20.6. The molecule has 2 N–H and O–H groups in total. The van der Waals surface area contributed by atoms with Crippen LogP contribution in [-0.4, -0.2) is 71.8 Å². The van der Waals surface area contributed by atoms with E-state index in [1.165, 1.54) is 0 Å². The molecule has 0 radical (unpaired) electrons. The van der Waals surface area contributed by atoms with Crippen LogP contribution in [0.2, 0.25) is 0 Å². The highest BCUT2D eigenvalue weighted by atomic mass is 16.2. The SMILES string of the molecule is CN1CCC[C@]12CCN([C@@H](CC1CC1)C(=O)N[C@H](C#N)C[C@@H]1CCNC1=O)C2=O. The van der Waals surface area contributed by atoms with E-state index in [4.69, 9.17) is 0 Å². The molecule has 0 aromatic carbocycles. The second kappa shape index (κ2) is 7.94. The van der Waals surface area contributed by atoms with E-state index in [1.807, 2.05) is 7.05 Å². The fourth-order valence-corrected chi connectivity index (χ4v) is 5.29. The molecule has 1 spiro atoms. The van der Waals surface area contributed by atoms with Crippen LogP contribution in [0.3, 0.4) is 0 Å². The van der Waals surface area contributed by atoms with Gasteiger partial charge in [0.1, 0.15) is 17.6 Å². The van der Waals surface area contributed by atoms with Crippen molar-refractivity contribution in [2.24, 2.45) is 11.8 Å². The molecule has 158 valence electrons. The average Bonchev–Trinajstić information content (AvgIpc) is 3.19. The lowest BCUT2D eigenvalue weighted by Crippen LogP contribution is -2.55. The number of nitrogens with one attached hydrogen (secondary N) is 2. The smallest absolute Gasteiger partial charge is 0.243 e. The highest BCUT2D eigenvalue weighted by Gasteiger charge is 2.54. The molecule has 0 unspecified atom stereocenters. The molecule has 8 heteroatoms. The fourth-order valence-electron chi connectivity index (χ4n) is 5.29. The molecule has 1 saturated carbocycles. The van der Waals surface area contributed by atoms with E-state index in [9.17, 15) is 19.6 Å². The van der Waals surface area contributed by atoms with Crippen LogP contribution in [-0.2, 0) is 14.4 Å². The third-order valence-electron chi connectivity index (χ3n) is 7.33. The van der Waals surface area contributed by atoms with E-state index in [0.717, 1.165) is 38.6 Å². The van der Waals surface area contributed by atoms with E-state index < -0.39 is 17.6 Å². The fraction of sp³-hybridized carbons (Fsp3) is 0.810. The van der Waals surface area contributed by atoms with Gasteiger partial charge in [-0.2, -0.15) is 5.26 Å². The molecule has 29 heavy (non-hydrogen) atoms. The highest BCUT2D eigenvalue weighted by Crippen LogP contribution is 2.41. The highest BCUT2D eigenvalue weighted by molar-refractivity contribution is 5.94. The standard InChI is InChI=1S/C21H31N5O3/c1-25-9-2-6-21(25)7-10-26(20(21)29)17(11-14-3-4-14)19(28)24-16(13-22)12-15-5-8-23-18(15)27/h14-17H,2-12H2,1H3,(H,23,27)(H,24,28)/t15-,16-,17-,21+/m0/s1. The zero-order valence-corrected chi connectivity index (χ0v) is 17.2. The average molecular weight is 402 g/mol. The summed E-state index contributed by atoms with van der Waals surface area (Å²) >= 11 is 0. The summed E-state index contributed by atoms with van der Waals surface area (Å²) in [5.41, 5.74) is -0.446. The Morgan fingerprint density at radius 1 is 1.28 bits per heavy atom. The van der Waals surface area contributed by atoms with Crippen molar-refractivity contribution in [3.8, 4) is 6.07 Å². The van der Waals surface area contributed by atoms with Gasteiger partial charge in [0.05, 0.1) is 6.07 Å². The Balaban J connectivity index is 1.45. The van der Waals surface area contributed by atoms with Gasteiger partial charge in [0.15, 0.2) is 0 Å². The number of nitriles is 1. The molecule has 3 heterocycles. The molecule has 0 aromatic heterocycles. The van der Waals surface area contributed by atoms with Crippen LogP contribution < -0.4 is 10.6 Å². The van der Waals surface area contributed by atoms with Gasteiger partial charge in [0.2, 0.25) is 17.7 Å². The van der Waals surface area contributed by atoms with Crippen molar-refractivity contribution < 1.29 is 14.4 Å². The van der Waals surface area contributed by atoms with Crippen LogP contribution in [0.1, 0.15) is 51.4 Å². The number of amides is 3. The molecular weight excluding hydrogens is 370 g/mol. The van der Waals surface area contributed by atoms with Crippen molar-refractivity contribution in [1.29, 1.82) is 5.26 Å². The summed E-state index contributed by atoms with van der Waals surface area (Å²) in [4.78, 5) is 42.3. The quantitative estimate of drug-likeness (QED) is 0.642. The number of rotatable bonds is 7. The van der Waals surface area contributed by atoms with Gasteiger partial charge < -0.3 is 15.5 Å². The summed E-state index contributed by atoms with van der Waals surface area (Å²) in [6, 6.07) is 0.912. The van der Waals surface area contributed by atoms with Crippen LogP contribution in [0, 0.1) is 23.2 Å². The van der Waals surface area contributed by atoms with Crippen molar-refractivity contribution in [3.05, 3.63) is 0 Å². The Morgan fingerprint density at radius 3 is 2.66 bits per heavy atom. The topological polar surface area (TPSA) is 106 Å². The van der Waals surface area contributed by atoms with Gasteiger partial charge in [-0.05, 0) is 58.0 Å². The minimum absolute atomic E-state index is 0.0463. The minimum Gasteiger partial charge on any atom is -0.356 e. The van der Waals surface area contributed by atoms with Gasteiger partial charge in [-0.15, -0.1) is 0 Å². The van der Waals surface area contributed by atoms with Crippen LogP contribution >= 0.6 is 0 Å². The van der Waals surface area contributed by atoms with E-state index in [2.05, 4.69) is 21.6 Å². The van der Waals surface area contributed by atoms with Crippen LogP contribution in [0.4, 0.5) is 0 Å². The summed E-state index contributed by atoms with van der Waals surface area (Å²) < 4.78 is 0. The number of likely N-dealkylation sites (tertiary alicyclic amines) is 2. The summed E-state index contributed by atoms with van der Waals surface area (Å²) in [7, 11) is 2.00. The molecule has 8 nitrogen and oxygen atoms in total. The number of hydrogen-bond donors (Lipinski definition) is 2. The van der Waals surface area contributed by atoms with Crippen molar-refractivity contribution in [1.82, 2.24) is 20.4 Å². The zero-order valence-electron chi connectivity index (χ0n) is 17.2. The first-order valence-electron chi connectivity index (χ1n) is 10.9. The van der Waals surface area contributed by atoms with Crippen LogP contribution in [0.15, 0.2) is 0 Å². The maximum Gasteiger partial charge on any atom is 0.243 e. The molecular formula is C21H31N5O3. The lowest BCUT2D eigenvalue weighted by atomic mass is 9.94. The molecule has 0 bridgehead atoms. The van der Waals surface area contributed by atoms with E-state index in [-0.39, 0.29) is 23.6 Å². The molecule has 3 saturated heterocycles. The first kappa shape index (κ1) is 20.1. The third-order valence-corrected chi connectivity index (χ3v) is 7.33. The summed E-state index contributed by atoms with van der Waals surface area (Å²) in [5.74, 6) is 0.0352. The number of likely N-dealkylation sites (N-methyl/N-ethyl adjacent to an activating group) is 1. The Labute approximate surface area is 172 Å². The predicted molar refractivity (Wildman–Crippen MR) is 105 cm³/mol. The molecule has 1 aliphatic carbocycles. The first-order valence-corrected chi connectivity index (χ1v) is 10.9. The second-order valence-corrected chi connectivity index (χ2v) is 9.20. The van der Waals surface area contributed by atoms with Gasteiger partial charge >= 0.3 is 0 Å². The number of carbonyl (C=O) groups excluding carboxylic acids is 3. The normalized spacial score (nSPS) is 31.7. The maximum absolute atomic E-state index is 13.4. The van der Waals surface area contributed by atoms with Gasteiger partial charge in [-0.25, -0.2) is 0 Å². The lowest BCUT2D eigenvalue weighted by molar-refractivity contribution is -0.143. The molecule has 4 atom stereocenters. The largest absolute Gasteiger partial charge is 0.356 e. The van der Waals surface area contributed by atoms with Crippen molar-refractivity contribution >= 4 is 17.7 Å². The Bertz CT molecular complexity index is 730. The summed E-state index contributed by atoms with van der Waals surface area (Å²) in [6.45, 7) is 2.13. The van der Waals surface area contributed by atoms with Crippen molar-refractivity contribution in [3.63, 3.8) is 0 Å². The van der Waals surface area contributed by atoms with E-state index >= 15 is 0 Å². The van der Waals surface area contributed by atoms with Crippen molar-refractivity contribution in [2.45, 2.75) is 69.0 Å². The molecule has 4 aliphatic rings. The molecule has 3 amide bonds. The van der Waals surface area contributed by atoms with Crippen molar-refractivity contribution in [2.75, 3.05) is 26.7 Å². The molecule has 4 rings (SSSR count). The molecule has 0 aromatic rings. The Kier molecular flexibility index (Phi) is 5.52. The predicted octanol–water partition coefficient (Wildman–Crippen LogP) is 0.386. The molecule has 3 aliphatic heterocycles. The third kappa shape index (κ3) is 3.85. The monoisotopic (exact) mass is 401 g/mol. The number of carbonyl (C=O) groups is 3.